The molecule has 2 aromatic heterocycles. The lowest BCUT2D eigenvalue weighted by Gasteiger charge is -2.10. The Labute approximate surface area is 98.8 Å². The maximum Gasteiger partial charge on any atom is 0.134 e. The Morgan fingerprint density at radius 1 is 1.31 bits per heavy atom. The van der Waals surface area contributed by atoms with Crippen molar-refractivity contribution >= 4 is 23.7 Å². The summed E-state index contributed by atoms with van der Waals surface area (Å²) in [5, 5.41) is 3.26. The topological polar surface area (TPSA) is 53.6 Å². The summed E-state index contributed by atoms with van der Waals surface area (Å²) >= 11 is 5.10. The highest BCUT2D eigenvalue weighted by Gasteiger charge is 2.03. The van der Waals surface area contributed by atoms with Gasteiger partial charge in [-0.1, -0.05) is 12.2 Å². The van der Waals surface area contributed by atoms with E-state index in [1.54, 1.807) is 12.5 Å². The number of nitrogens with one attached hydrogen (secondary N) is 2. The predicted molar refractivity (Wildman–Crippen MR) is 66.4 cm³/mol. The molecule has 0 bridgehead atoms. The van der Waals surface area contributed by atoms with Crippen molar-refractivity contribution in [1.29, 1.82) is 0 Å². The zero-order valence-electron chi connectivity index (χ0n) is 9.11. The van der Waals surface area contributed by atoms with Gasteiger partial charge in [0, 0.05) is 11.8 Å². The quantitative estimate of drug-likeness (QED) is 0.782. The summed E-state index contributed by atoms with van der Waals surface area (Å²) in [6.07, 6.45) is 3.35. The van der Waals surface area contributed by atoms with E-state index in [-0.39, 0.29) is 0 Å². The zero-order chi connectivity index (χ0) is 11.5. The van der Waals surface area contributed by atoms with Crippen LogP contribution in [0.4, 0.5) is 11.5 Å². The molecular weight excluding hydrogens is 220 g/mol. The minimum absolute atomic E-state index is 0.600. The van der Waals surface area contributed by atoms with Gasteiger partial charge in [-0.05, 0) is 26.0 Å². The van der Waals surface area contributed by atoms with Crippen molar-refractivity contribution in [1.82, 2.24) is 15.0 Å². The van der Waals surface area contributed by atoms with E-state index in [0.717, 1.165) is 22.8 Å². The van der Waals surface area contributed by atoms with Crippen LogP contribution in [0.1, 0.15) is 11.3 Å². The van der Waals surface area contributed by atoms with Crippen LogP contribution in [0.2, 0.25) is 0 Å². The van der Waals surface area contributed by atoms with E-state index in [4.69, 9.17) is 12.2 Å². The summed E-state index contributed by atoms with van der Waals surface area (Å²) in [7, 11) is 0. The third kappa shape index (κ3) is 2.09. The number of pyridine rings is 1. The first-order valence-corrected chi connectivity index (χ1v) is 5.32. The van der Waals surface area contributed by atoms with Gasteiger partial charge in [-0.25, -0.2) is 4.98 Å². The lowest BCUT2D eigenvalue weighted by Crippen LogP contribution is -2.00. The minimum atomic E-state index is 0.600. The number of aromatic nitrogens is 3. The molecule has 0 aliphatic heterocycles. The van der Waals surface area contributed by atoms with Gasteiger partial charge < -0.3 is 10.3 Å². The number of hydrogen-bond acceptors (Lipinski definition) is 4. The zero-order valence-corrected chi connectivity index (χ0v) is 9.93. The third-order valence-corrected chi connectivity index (χ3v) is 2.76. The molecular formula is C11H12N4S. The SMILES string of the molecule is Cc1ncccc1Nc1[nH]cnc(=S)c1C. The third-order valence-electron chi connectivity index (χ3n) is 2.35. The van der Waals surface area contributed by atoms with Crippen LogP contribution in [0.3, 0.4) is 0 Å². The van der Waals surface area contributed by atoms with Crippen molar-refractivity contribution in [3.8, 4) is 0 Å². The smallest absolute Gasteiger partial charge is 0.134 e. The number of hydrogen-bond donors (Lipinski definition) is 2. The van der Waals surface area contributed by atoms with Gasteiger partial charge in [0.1, 0.15) is 10.5 Å². The molecule has 5 heteroatoms. The molecule has 0 radical (unpaired) electrons. The van der Waals surface area contributed by atoms with Crippen LogP contribution in [-0.2, 0) is 0 Å². The number of aromatic amines is 1. The average Bonchev–Trinajstić information content (AvgIpc) is 2.28. The van der Waals surface area contributed by atoms with E-state index in [0.29, 0.717) is 4.64 Å². The van der Waals surface area contributed by atoms with E-state index >= 15 is 0 Å². The predicted octanol–water partition coefficient (Wildman–Crippen LogP) is 2.89. The van der Waals surface area contributed by atoms with Gasteiger partial charge in [-0.15, -0.1) is 0 Å². The Kier molecular flexibility index (Phi) is 2.96. The van der Waals surface area contributed by atoms with Crippen molar-refractivity contribution in [2.45, 2.75) is 13.8 Å². The molecule has 0 aliphatic rings. The number of H-pyrrole nitrogens is 1. The Balaban J connectivity index is 2.38. The molecule has 0 saturated carbocycles. The van der Waals surface area contributed by atoms with E-state index in [2.05, 4.69) is 20.3 Å². The number of rotatable bonds is 2. The van der Waals surface area contributed by atoms with Gasteiger partial charge in [-0.3, -0.25) is 4.98 Å². The molecule has 82 valence electrons. The molecule has 0 saturated heterocycles. The second kappa shape index (κ2) is 4.40. The minimum Gasteiger partial charge on any atom is -0.340 e. The Hall–Kier alpha value is -1.75. The normalized spacial score (nSPS) is 10.1. The molecule has 16 heavy (non-hydrogen) atoms. The molecule has 0 spiro atoms. The fraction of sp³-hybridized carbons (Fsp3) is 0.182. The molecule has 2 aromatic rings. The lowest BCUT2D eigenvalue weighted by molar-refractivity contribution is 1.10. The maximum atomic E-state index is 5.10. The van der Waals surface area contributed by atoms with Crippen molar-refractivity contribution in [3.63, 3.8) is 0 Å². The van der Waals surface area contributed by atoms with Crippen LogP contribution in [0.5, 0.6) is 0 Å². The first-order chi connectivity index (χ1) is 7.68. The van der Waals surface area contributed by atoms with Gasteiger partial charge in [0.25, 0.3) is 0 Å². The monoisotopic (exact) mass is 232 g/mol. The molecule has 0 aliphatic carbocycles. The maximum absolute atomic E-state index is 5.10. The summed E-state index contributed by atoms with van der Waals surface area (Å²) in [6.45, 7) is 3.88. The van der Waals surface area contributed by atoms with E-state index in [9.17, 15) is 0 Å². The van der Waals surface area contributed by atoms with Gasteiger partial charge in [0.15, 0.2) is 0 Å². The molecule has 0 fully saturated rings. The van der Waals surface area contributed by atoms with Gasteiger partial charge >= 0.3 is 0 Å². The largest absolute Gasteiger partial charge is 0.340 e. The molecule has 4 nitrogen and oxygen atoms in total. The van der Waals surface area contributed by atoms with Gasteiger partial charge in [0.2, 0.25) is 0 Å². The molecule has 0 atom stereocenters. The summed E-state index contributed by atoms with van der Waals surface area (Å²) < 4.78 is 0.600. The molecule has 0 amide bonds. The standard InChI is InChI=1S/C11H12N4S/c1-7-10(13-6-14-11(7)16)15-9-4-3-5-12-8(9)2/h3-6H,1-2H3,(H2,13,14,15,16). The Morgan fingerprint density at radius 3 is 2.88 bits per heavy atom. The summed E-state index contributed by atoms with van der Waals surface area (Å²) in [6, 6.07) is 3.86. The summed E-state index contributed by atoms with van der Waals surface area (Å²) in [5.41, 5.74) is 2.83. The van der Waals surface area contributed by atoms with Gasteiger partial charge in [0.05, 0.1) is 17.7 Å². The van der Waals surface area contributed by atoms with Crippen LogP contribution in [-0.4, -0.2) is 15.0 Å². The average molecular weight is 232 g/mol. The highest BCUT2D eigenvalue weighted by Crippen LogP contribution is 2.19. The van der Waals surface area contributed by atoms with Crippen LogP contribution < -0.4 is 5.32 Å². The fourth-order valence-corrected chi connectivity index (χ4v) is 1.50. The Bertz CT molecular complexity index is 562. The highest BCUT2D eigenvalue weighted by molar-refractivity contribution is 7.71. The Morgan fingerprint density at radius 2 is 2.12 bits per heavy atom. The lowest BCUT2D eigenvalue weighted by atomic mass is 10.3. The fourth-order valence-electron chi connectivity index (χ4n) is 1.35. The van der Waals surface area contributed by atoms with Crippen LogP contribution in [0, 0.1) is 18.5 Å². The van der Waals surface area contributed by atoms with Crippen molar-refractivity contribution in [2.24, 2.45) is 0 Å². The number of aryl methyl sites for hydroxylation is 1. The molecule has 2 rings (SSSR count). The first-order valence-electron chi connectivity index (χ1n) is 4.91. The summed E-state index contributed by atoms with van der Waals surface area (Å²) in [5.74, 6) is 0.858. The first kappa shape index (κ1) is 10.8. The molecule has 2 heterocycles. The van der Waals surface area contributed by atoms with Gasteiger partial charge in [-0.2, -0.15) is 0 Å². The summed E-state index contributed by atoms with van der Waals surface area (Å²) in [4.78, 5) is 11.3. The van der Waals surface area contributed by atoms with Crippen molar-refractivity contribution in [2.75, 3.05) is 5.32 Å². The molecule has 0 unspecified atom stereocenters. The highest BCUT2D eigenvalue weighted by atomic mass is 32.1. The second-order valence-electron chi connectivity index (χ2n) is 3.47. The van der Waals surface area contributed by atoms with E-state index in [1.165, 1.54) is 0 Å². The molecule has 2 N–H and O–H groups in total. The van der Waals surface area contributed by atoms with Crippen LogP contribution >= 0.6 is 12.2 Å². The number of anilines is 2. The van der Waals surface area contributed by atoms with Crippen LogP contribution in [0.15, 0.2) is 24.7 Å². The van der Waals surface area contributed by atoms with Crippen LogP contribution in [0.25, 0.3) is 0 Å². The van der Waals surface area contributed by atoms with Crippen molar-refractivity contribution < 1.29 is 0 Å². The van der Waals surface area contributed by atoms with E-state index < -0.39 is 0 Å². The molecule has 0 aromatic carbocycles. The van der Waals surface area contributed by atoms with E-state index in [1.807, 2.05) is 26.0 Å². The second-order valence-corrected chi connectivity index (χ2v) is 3.86. The number of nitrogens with zero attached hydrogens (tertiary/aromatic N) is 2. The van der Waals surface area contributed by atoms with Crippen molar-refractivity contribution in [3.05, 3.63) is 40.6 Å².